The van der Waals surface area contributed by atoms with Gasteiger partial charge >= 0.3 is 0 Å². The van der Waals surface area contributed by atoms with Crippen molar-refractivity contribution in [2.24, 2.45) is 0 Å². The molecule has 1 aromatic heterocycles. The van der Waals surface area contributed by atoms with E-state index in [1.807, 2.05) is 0 Å². The van der Waals surface area contributed by atoms with E-state index in [2.05, 4.69) is 9.97 Å². The van der Waals surface area contributed by atoms with Crippen molar-refractivity contribution in [3.05, 3.63) is 21.7 Å². The summed E-state index contributed by atoms with van der Waals surface area (Å²) in [5.41, 5.74) is -0.510. The minimum absolute atomic E-state index is 0.273. The number of alkyl halides is 2. The van der Waals surface area contributed by atoms with E-state index in [1.54, 1.807) is 0 Å². The second-order valence-electron chi connectivity index (χ2n) is 2.07. The molecule has 1 rings (SSSR count). The van der Waals surface area contributed by atoms with Gasteiger partial charge in [0.2, 0.25) is 0 Å². The summed E-state index contributed by atoms with van der Waals surface area (Å²) in [5, 5.41) is -0.579. The second kappa shape index (κ2) is 3.49. The van der Waals surface area contributed by atoms with Gasteiger partial charge in [0.15, 0.2) is 0 Å². The Morgan fingerprint density at radius 1 is 1.17 bits per heavy atom. The molecular weight excluding hydrogens is 209 g/mol. The number of nitrogens with zero attached hydrogens (tertiary/aromatic N) is 2. The molecule has 2 nitrogen and oxygen atoms in total. The average Bonchev–Trinajstić information content (AvgIpc) is 1.82. The fraction of sp³-hybridized carbons (Fsp3) is 0.333. The topological polar surface area (TPSA) is 25.8 Å². The van der Waals surface area contributed by atoms with Gasteiger partial charge < -0.3 is 0 Å². The maximum absolute atomic E-state index is 12.2. The van der Waals surface area contributed by atoms with E-state index in [9.17, 15) is 8.78 Å². The van der Waals surface area contributed by atoms with Crippen molar-refractivity contribution < 1.29 is 8.78 Å². The standard InChI is InChI=1S/C6H4Cl2F2N2/c1-2-11-4(7)3(6(9)10)5(8)12-2/h6H,1H3. The van der Waals surface area contributed by atoms with Gasteiger partial charge in [-0.15, -0.1) is 0 Å². The molecule has 0 atom stereocenters. The summed E-state index contributed by atoms with van der Waals surface area (Å²) >= 11 is 10.8. The van der Waals surface area contributed by atoms with Gasteiger partial charge in [-0.2, -0.15) is 0 Å². The van der Waals surface area contributed by atoms with E-state index in [-0.39, 0.29) is 16.1 Å². The Bertz CT molecular complexity index is 281. The van der Waals surface area contributed by atoms with E-state index in [0.717, 1.165) is 0 Å². The van der Waals surface area contributed by atoms with Crippen LogP contribution in [0.4, 0.5) is 8.78 Å². The first-order valence-electron chi connectivity index (χ1n) is 3.00. The molecule has 0 saturated heterocycles. The Labute approximate surface area is 77.5 Å². The summed E-state index contributed by atoms with van der Waals surface area (Å²) in [7, 11) is 0. The molecular formula is C6H4Cl2F2N2. The van der Waals surface area contributed by atoms with Crippen LogP contribution in [0.5, 0.6) is 0 Å². The number of halogens is 4. The lowest BCUT2D eigenvalue weighted by atomic mass is 10.3. The molecule has 0 saturated carbocycles. The van der Waals surface area contributed by atoms with Crippen LogP contribution < -0.4 is 0 Å². The summed E-state index contributed by atoms with van der Waals surface area (Å²) in [5.74, 6) is 0.273. The van der Waals surface area contributed by atoms with Crippen LogP contribution in [0, 0.1) is 6.92 Å². The lowest BCUT2D eigenvalue weighted by Gasteiger charge is -2.04. The molecule has 0 fully saturated rings. The molecule has 12 heavy (non-hydrogen) atoms. The van der Waals surface area contributed by atoms with Crippen molar-refractivity contribution in [3.63, 3.8) is 0 Å². The van der Waals surface area contributed by atoms with Crippen molar-refractivity contribution in [1.29, 1.82) is 0 Å². The van der Waals surface area contributed by atoms with Gasteiger partial charge in [0.1, 0.15) is 16.1 Å². The molecule has 0 radical (unpaired) electrons. The van der Waals surface area contributed by atoms with Crippen LogP contribution >= 0.6 is 23.2 Å². The first-order chi connectivity index (χ1) is 5.52. The van der Waals surface area contributed by atoms with Crippen molar-refractivity contribution >= 4 is 23.2 Å². The molecule has 0 amide bonds. The largest absolute Gasteiger partial charge is 0.269 e. The van der Waals surface area contributed by atoms with Gasteiger partial charge in [0.25, 0.3) is 6.43 Å². The first-order valence-corrected chi connectivity index (χ1v) is 3.75. The van der Waals surface area contributed by atoms with Crippen LogP contribution in [0.2, 0.25) is 10.3 Å². The summed E-state index contributed by atoms with van der Waals surface area (Å²) in [6, 6.07) is 0. The Morgan fingerprint density at radius 2 is 1.58 bits per heavy atom. The van der Waals surface area contributed by atoms with Gasteiger partial charge in [-0.3, -0.25) is 0 Å². The molecule has 0 aliphatic heterocycles. The molecule has 1 heterocycles. The number of hydrogen-bond acceptors (Lipinski definition) is 2. The normalized spacial score (nSPS) is 10.8. The quantitative estimate of drug-likeness (QED) is 0.670. The number of rotatable bonds is 1. The number of hydrogen-bond donors (Lipinski definition) is 0. The van der Waals surface area contributed by atoms with Gasteiger partial charge in [-0.25, -0.2) is 18.7 Å². The molecule has 0 bridgehead atoms. The van der Waals surface area contributed by atoms with E-state index < -0.39 is 12.0 Å². The summed E-state index contributed by atoms with van der Waals surface area (Å²) < 4.78 is 24.3. The molecule has 6 heteroatoms. The molecule has 0 unspecified atom stereocenters. The zero-order valence-electron chi connectivity index (χ0n) is 5.98. The Morgan fingerprint density at radius 3 is 1.92 bits per heavy atom. The highest BCUT2D eigenvalue weighted by atomic mass is 35.5. The predicted octanol–water partition coefficient (Wildman–Crippen LogP) is 3.03. The monoisotopic (exact) mass is 212 g/mol. The number of aryl methyl sites for hydroxylation is 1. The summed E-state index contributed by atoms with van der Waals surface area (Å²) in [6.07, 6.45) is -2.74. The minimum atomic E-state index is -2.74. The molecule has 0 aliphatic carbocycles. The van der Waals surface area contributed by atoms with Crippen molar-refractivity contribution in [2.75, 3.05) is 0 Å². The van der Waals surface area contributed by atoms with Crippen LogP contribution in [0.15, 0.2) is 0 Å². The Balaban J connectivity index is 3.28. The summed E-state index contributed by atoms with van der Waals surface area (Å²) in [4.78, 5) is 7.09. The zero-order chi connectivity index (χ0) is 9.30. The second-order valence-corrected chi connectivity index (χ2v) is 2.78. The van der Waals surface area contributed by atoms with Crippen LogP contribution in [0.25, 0.3) is 0 Å². The SMILES string of the molecule is Cc1nc(Cl)c(C(F)F)c(Cl)n1. The highest BCUT2D eigenvalue weighted by Gasteiger charge is 2.18. The lowest BCUT2D eigenvalue weighted by Crippen LogP contribution is -1.97. The van der Waals surface area contributed by atoms with E-state index in [1.165, 1.54) is 6.92 Å². The van der Waals surface area contributed by atoms with Gasteiger partial charge in [0.05, 0.1) is 5.56 Å². The molecule has 66 valence electrons. The zero-order valence-corrected chi connectivity index (χ0v) is 7.50. The fourth-order valence-electron chi connectivity index (χ4n) is 0.695. The van der Waals surface area contributed by atoms with Gasteiger partial charge in [-0.05, 0) is 6.92 Å². The maximum atomic E-state index is 12.2. The van der Waals surface area contributed by atoms with Gasteiger partial charge in [-0.1, -0.05) is 23.2 Å². The molecule has 0 aliphatic rings. The molecule has 0 N–H and O–H groups in total. The third-order valence-electron chi connectivity index (χ3n) is 1.18. The van der Waals surface area contributed by atoms with Crippen LogP contribution in [0.1, 0.15) is 17.8 Å². The third-order valence-corrected chi connectivity index (χ3v) is 1.76. The van der Waals surface area contributed by atoms with E-state index >= 15 is 0 Å². The Kier molecular flexibility index (Phi) is 2.80. The van der Waals surface area contributed by atoms with E-state index in [4.69, 9.17) is 23.2 Å². The van der Waals surface area contributed by atoms with Crippen molar-refractivity contribution in [1.82, 2.24) is 9.97 Å². The van der Waals surface area contributed by atoms with Crippen LogP contribution in [0.3, 0.4) is 0 Å². The Hall–Kier alpha value is -0.480. The van der Waals surface area contributed by atoms with Crippen LogP contribution in [-0.2, 0) is 0 Å². The van der Waals surface area contributed by atoms with Gasteiger partial charge in [0, 0.05) is 0 Å². The average molecular weight is 213 g/mol. The van der Waals surface area contributed by atoms with Crippen LogP contribution in [-0.4, -0.2) is 9.97 Å². The smallest absolute Gasteiger partial charge is 0.221 e. The third kappa shape index (κ3) is 1.81. The molecule has 0 spiro atoms. The minimum Gasteiger partial charge on any atom is -0.221 e. The molecule has 0 aromatic carbocycles. The molecule has 1 aromatic rings. The van der Waals surface area contributed by atoms with E-state index in [0.29, 0.717) is 0 Å². The lowest BCUT2D eigenvalue weighted by molar-refractivity contribution is 0.150. The van der Waals surface area contributed by atoms with Crippen molar-refractivity contribution in [3.8, 4) is 0 Å². The fourth-order valence-corrected chi connectivity index (χ4v) is 1.33. The van der Waals surface area contributed by atoms with Crippen molar-refractivity contribution in [2.45, 2.75) is 13.3 Å². The predicted molar refractivity (Wildman–Crippen MR) is 41.7 cm³/mol. The highest BCUT2D eigenvalue weighted by Crippen LogP contribution is 2.30. The first kappa shape index (κ1) is 9.61. The maximum Gasteiger partial charge on any atom is 0.269 e. The summed E-state index contributed by atoms with van der Waals surface area (Å²) in [6.45, 7) is 1.52. The highest BCUT2D eigenvalue weighted by molar-refractivity contribution is 6.34. The number of aromatic nitrogens is 2.